The van der Waals surface area contributed by atoms with Crippen molar-refractivity contribution in [2.24, 2.45) is 0 Å². The Kier molecular flexibility index (Phi) is 6.72. The highest BCUT2D eigenvalue weighted by molar-refractivity contribution is 5.30. The van der Waals surface area contributed by atoms with Crippen LogP contribution in [0.25, 0.3) is 0 Å². The van der Waals surface area contributed by atoms with E-state index in [1.54, 1.807) is 7.11 Å². The number of aromatic nitrogens is 2. The lowest BCUT2D eigenvalue weighted by molar-refractivity contribution is -0.919. The quantitative estimate of drug-likeness (QED) is 0.627. The molecule has 1 unspecified atom stereocenters. The van der Waals surface area contributed by atoms with Gasteiger partial charge in [-0.2, -0.15) is 0 Å². The molecule has 0 fully saturated rings. The highest BCUT2D eigenvalue weighted by Gasteiger charge is 2.26. The number of hydrogen-bond acceptors (Lipinski definition) is 5. The molecule has 2 heterocycles. The molecular formula is C22H32N3O4+. The van der Waals surface area contributed by atoms with Crippen LogP contribution in [0.3, 0.4) is 0 Å². The van der Waals surface area contributed by atoms with Gasteiger partial charge in [0.05, 0.1) is 37.1 Å². The van der Waals surface area contributed by atoms with Crippen molar-refractivity contribution in [3.05, 3.63) is 57.3 Å². The molecule has 0 saturated heterocycles. The summed E-state index contributed by atoms with van der Waals surface area (Å²) in [6, 6.07) is 7.77. The third-order valence-electron chi connectivity index (χ3n) is 5.03. The highest BCUT2D eigenvalue weighted by atomic mass is 16.5. The van der Waals surface area contributed by atoms with E-state index in [-0.39, 0.29) is 11.2 Å². The third-order valence-corrected chi connectivity index (χ3v) is 5.03. The average Bonchev–Trinajstić information content (AvgIpc) is 2.66. The Bertz CT molecular complexity index is 888. The van der Waals surface area contributed by atoms with Crippen LogP contribution in [0, 0.1) is 0 Å². The van der Waals surface area contributed by atoms with Crippen molar-refractivity contribution in [3.8, 4) is 5.75 Å². The van der Waals surface area contributed by atoms with Gasteiger partial charge in [0.2, 0.25) is 0 Å². The van der Waals surface area contributed by atoms with E-state index in [1.807, 2.05) is 45.0 Å². The standard InChI is InChI=1S/C22H31N3O4/c1-22(2,3)29-14-16(26)12-25-9-8-19-18(13-25)21(27)24-20(23-19)11-15-6-5-7-17(10-15)28-4/h5-7,10,16,26H,8-9,11-14H2,1-4H3,(H,23,24,27)/p+1/t16-/m0/s1. The molecule has 0 aliphatic carbocycles. The Labute approximate surface area is 171 Å². The molecule has 29 heavy (non-hydrogen) atoms. The molecule has 1 aromatic heterocycles. The number of aliphatic hydroxyl groups is 1. The van der Waals surface area contributed by atoms with E-state index in [1.165, 1.54) is 4.90 Å². The second-order valence-corrected chi connectivity index (χ2v) is 8.67. The van der Waals surface area contributed by atoms with Crippen LogP contribution in [0.15, 0.2) is 29.1 Å². The lowest BCUT2D eigenvalue weighted by Gasteiger charge is -2.28. The molecule has 158 valence electrons. The minimum absolute atomic E-state index is 0.0782. The zero-order valence-electron chi connectivity index (χ0n) is 17.7. The van der Waals surface area contributed by atoms with Crippen LogP contribution in [-0.2, 0) is 24.1 Å². The fraction of sp³-hybridized carbons (Fsp3) is 0.545. The van der Waals surface area contributed by atoms with Gasteiger partial charge in [0, 0.05) is 12.8 Å². The van der Waals surface area contributed by atoms with Gasteiger partial charge in [-0.1, -0.05) is 12.1 Å². The molecular weight excluding hydrogens is 370 g/mol. The number of aliphatic hydroxyl groups excluding tert-OH is 1. The molecule has 0 radical (unpaired) electrons. The summed E-state index contributed by atoms with van der Waals surface area (Å²) in [6.45, 7) is 8.18. The highest BCUT2D eigenvalue weighted by Crippen LogP contribution is 2.15. The number of ether oxygens (including phenoxy) is 2. The van der Waals surface area contributed by atoms with E-state index in [0.29, 0.717) is 31.9 Å². The van der Waals surface area contributed by atoms with Crippen molar-refractivity contribution in [1.82, 2.24) is 9.97 Å². The number of methoxy groups -OCH3 is 1. The Morgan fingerprint density at radius 2 is 2.14 bits per heavy atom. The molecule has 0 spiro atoms. The van der Waals surface area contributed by atoms with Gasteiger partial charge in [-0.3, -0.25) is 4.79 Å². The molecule has 7 heteroatoms. The lowest BCUT2D eigenvalue weighted by Crippen LogP contribution is -3.13. The van der Waals surface area contributed by atoms with Gasteiger partial charge in [-0.05, 0) is 38.5 Å². The van der Waals surface area contributed by atoms with Crippen LogP contribution < -0.4 is 15.2 Å². The van der Waals surface area contributed by atoms with Crippen molar-refractivity contribution in [2.75, 3.05) is 26.8 Å². The molecule has 2 atom stereocenters. The Hall–Kier alpha value is -2.22. The van der Waals surface area contributed by atoms with E-state index in [0.717, 1.165) is 35.5 Å². The number of nitrogens with zero attached hydrogens (tertiary/aromatic N) is 1. The largest absolute Gasteiger partial charge is 0.497 e. The number of nitrogens with one attached hydrogen (secondary N) is 2. The van der Waals surface area contributed by atoms with Gasteiger partial charge < -0.3 is 24.5 Å². The number of quaternary nitrogens is 1. The van der Waals surface area contributed by atoms with E-state index in [9.17, 15) is 9.90 Å². The van der Waals surface area contributed by atoms with Gasteiger partial charge in [0.25, 0.3) is 5.56 Å². The first-order valence-corrected chi connectivity index (χ1v) is 10.1. The molecule has 0 amide bonds. The van der Waals surface area contributed by atoms with Crippen LogP contribution in [0.5, 0.6) is 5.75 Å². The number of aromatic amines is 1. The molecule has 1 aliphatic heterocycles. The number of rotatable bonds is 7. The van der Waals surface area contributed by atoms with E-state index in [2.05, 4.69) is 4.98 Å². The lowest BCUT2D eigenvalue weighted by atomic mass is 10.1. The molecule has 3 N–H and O–H groups in total. The zero-order valence-corrected chi connectivity index (χ0v) is 17.7. The number of fused-ring (bicyclic) bond motifs is 1. The van der Waals surface area contributed by atoms with Crippen LogP contribution in [-0.4, -0.2) is 53.6 Å². The Morgan fingerprint density at radius 3 is 2.86 bits per heavy atom. The molecule has 1 aliphatic rings. The van der Waals surface area contributed by atoms with E-state index in [4.69, 9.17) is 14.5 Å². The maximum absolute atomic E-state index is 12.7. The summed E-state index contributed by atoms with van der Waals surface area (Å²) < 4.78 is 10.9. The average molecular weight is 403 g/mol. The third kappa shape index (κ3) is 6.13. The minimum Gasteiger partial charge on any atom is -0.497 e. The number of hydrogen-bond donors (Lipinski definition) is 3. The smallest absolute Gasteiger partial charge is 0.260 e. The summed E-state index contributed by atoms with van der Waals surface area (Å²) in [6.07, 6.45) is 0.733. The topological polar surface area (TPSA) is 88.9 Å². The summed E-state index contributed by atoms with van der Waals surface area (Å²) in [7, 11) is 1.64. The summed E-state index contributed by atoms with van der Waals surface area (Å²) >= 11 is 0. The molecule has 3 rings (SSSR count). The van der Waals surface area contributed by atoms with Crippen LogP contribution >= 0.6 is 0 Å². The van der Waals surface area contributed by atoms with Crippen LogP contribution in [0.2, 0.25) is 0 Å². The molecule has 0 bridgehead atoms. The van der Waals surface area contributed by atoms with Gasteiger partial charge in [0.15, 0.2) is 0 Å². The second-order valence-electron chi connectivity index (χ2n) is 8.67. The minimum atomic E-state index is -0.551. The summed E-state index contributed by atoms with van der Waals surface area (Å²) in [4.78, 5) is 21.5. The second kappa shape index (κ2) is 9.07. The van der Waals surface area contributed by atoms with Crippen molar-refractivity contribution in [3.63, 3.8) is 0 Å². The van der Waals surface area contributed by atoms with Gasteiger partial charge in [-0.25, -0.2) is 4.98 Å². The first kappa shape index (κ1) is 21.5. The van der Waals surface area contributed by atoms with Crippen molar-refractivity contribution in [2.45, 2.75) is 51.9 Å². The maximum Gasteiger partial charge on any atom is 0.260 e. The first-order chi connectivity index (χ1) is 13.7. The van der Waals surface area contributed by atoms with Crippen molar-refractivity contribution >= 4 is 0 Å². The number of benzene rings is 1. The van der Waals surface area contributed by atoms with Crippen LogP contribution in [0.4, 0.5) is 0 Å². The fourth-order valence-corrected chi connectivity index (χ4v) is 3.59. The van der Waals surface area contributed by atoms with Gasteiger partial charge in [0.1, 0.15) is 30.8 Å². The first-order valence-electron chi connectivity index (χ1n) is 10.1. The van der Waals surface area contributed by atoms with E-state index >= 15 is 0 Å². The SMILES string of the molecule is COc1cccc(Cc2nc3c(c(=O)[nH]2)C[NH+](C[C@H](O)COC(C)(C)C)CC3)c1. The van der Waals surface area contributed by atoms with Crippen LogP contribution in [0.1, 0.15) is 43.4 Å². The maximum atomic E-state index is 12.7. The Morgan fingerprint density at radius 1 is 1.34 bits per heavy atom. The number of H-pyrrole nitrogens is 1. The molecule has 2 aromatic rings. The summed E-state index contributed by atoms with van der Waals surface area (Å²) in [5.74, 6) is 1.46. The van der Waals surface area contributed by atoms with E-state index < -0.39 is 6.10 Å². The molecule has 7 nitrogen and oxygen atoms in total. The zero-order chi connectivity index (χ0) is 21.0. The van der Waals surface area contributed by atoms with Crippen molar-refractivity contribution < 1.29 is 19.5 Å². The predicted octanol–water partition coefficient (Wildman–Crippen LogP) is 0.486. The van der Waals surface area contributed by atoms with Gasteiger partial charge in [-0.15, -0.1) is 0 Å². The summed E-state index contributed by atoms with van der Waals surface area (Å²) in [5, 5.41) is 10.3. The molecule has 0 saturated carbocycles. The monoisotopic (exact) mass is 402 g/mol. The van der Waals surface area contributed by atoms with Gasteiger partial charge >= 0.3 is 0 Å². The predicted molar refractivity (Wildman–Crippen MR) is 110 cm³/mol. The molecule has 1 aromatic carbocycles. The summed E-state index contributed by atoms with van der Waals surface area (Å²) in [5.41, 5.74) is 2.29. The van der Waals surface area contributed by atoms with Crippen molar-refractivity contribution in [1.29, 1.82) is 0 Å². The normalized spacial score (nSPS) is 17.6. The fourth-order valence-electron chi connectivity index (χ4n) is 3.59. The Balaban J connectivity index is 1.65.